The maximum absolute atomic E-state index is 12.6. The van der Waals surface area contributed by atoms with Crippen molar-refractivity contribution < 1.29 is 19.5 Å². The molecule has 0 spiro atoms. The van der Waals surface area contributed by atoms with Gasteiger partial charge in [0.15, 0.2) is 5.78 Å². The van der Waals surface area contributed by atoms with Crippen LogP contribution >= 0.6 is 11.3 Å². The predicted octanol–water partition coefficient (Wildman–Crippen LogP) is 2.96. The van der Waals surface area contributed by atoms with E-state index in [-0.39, 0.29) is 30.6 Å². The smallest absolute Gasteiger partial charge is 0.326 e. The molecule has 1 saturated carbocycles. The van der Waals surface area contributed by atoms with Gasteiger partial charge in [-0.1, -0.05) is 18.9 Å². The van der Waals surface area contributed by atoms with Gasteiger partial charge >= 0.3 is 5.97 Å². The van der Waals surface area contributed by atoms with Crippen molar-refractivity contribution in [3.05, 3.63) is 22.4 Å². The zero-order valence-corrected chi connectivity index (χ0v) is 13.8. The van der Waals surface area contributed by atoms with Gasteiger partial charge in [-0.25, -0.2) is 4.79 Å². The fourth-order valence-corrected chi connectivity index (χ4v) is 4.64. The molecular formula is C17H21NO4S. The summed E-state index contributed by atoms with van der Waals surface area (Å²) in [7, 11) is 0. The van der Waals surface area contributed by atoms with Crippen LogP contribution in [0.25, 0.3) is 0 Å². The summed E-state index contributed by atoms with van der Waals surface area (Å²) in [6, 6.07) is 2.90. The van der Waals surface area contributed by atoms with Crippen molar-refractivity contribution in [2.45, 2.75) is 57.0 Å². The Labute approximate surface area is 139 Å². The van der Waals surface area contributed by atoms with E-state index in [9.17, 15) is 19.5 Å². The summed E-state index contributed by atoms with van der Waals surface area (Å²) in [5, 5.41) is 11.3. The number of aliphatic carboxylic acids is 1. The van der Waals surface area contributed by atoms with Gasteiger partial charge in [0.1, 0.15) is 6.04 Å². The average Bonchev–Trinajstić information content (AvgIpc) is 3.19. The molecule has 23 heavy (non-hydrogen) atoms. The van der Waals surface area contributed by atoms with Crippen molar-refractivity contribution >= 4 is 29.0 Å². The third-order valence-corrected chi connectivity index (χ3v) is 5.93. The third-order valence-electron chi connectivity index (χ3n) is 5.02. The van der Waals surface area contributed by atoms with Crippen LogP contribution in [0.4, 0.5) is 0 Å². The van der Waals surface area contributed by atoms with E-state index in [1.54, 1.807) is 11.0 Å². The van der Waals surface area contributed by atoms with Crippen molar-refractivity contribution in [1.29, 1.82) is 0 Å². The molecule has 3 atom stereocenters. The number of amides is 1. The molecule has 2 aliphatic rings. The van der Waals surface area contributed by atoms with Gasteiger partial charge in [0.25, 0.3) is 0 Å². The lowest BCUT2D eigenvalue weighted by Gasteiger charge is -2.33. The topological polar surface area (TPSA) is 74.7 Å². The summed E-state index contributed by atoms with van der Waals surface area (Å²) < 4.78 is 0. The van der Waals surface area contributed by atoms with E-state index in [0.29, 0.717) is 17.2 Å². The van der Waals surface area contributed by atoms with E-state index < -0.39 is 12.0 Å². The number of carboxylic acids is 1. The molecule has 1 aromatic heterocycles. The molecule has 1 aromatic rings. The van der Waals surface area contributed by atoms with Crippen molar-refractivity contribution in [3.63, 3.8) is 0 Å². The van der Waals surface area contributed by atoms with Gasteiger partial charge in [-0.3, -0.25) is 9.59 Å². The molecule has 1 amide bonds. The average molecular weight is 335 g/mol. The molecule has 6 heteroatoms. The Hall–Kier alpha value is -1.69. The Kier molecular flexibility index (Phi) is 4.80. The van der Waals surface area contributed by atoms with Crippen LogP contribution in [-0.2, 0) is 9.59 Å². The third kappa shape index (κ3) is 3.32. The highest BCUT2D eigenvalue weighted by Gasteiger charge is 2.47. The largest absolute Gasteiger partial charge is 0.480 e. The standard InChI is InChI=1S/C17H21NO4S/c19-14(15-6-3-9-23-15)7-8-16(20)18-12-5-2-1-4-11(12)10-13(18)17(21)22/h3,6,9,11-13H,1-2,4-5,7-8,10H2,(H,21,22)/t11-,12+,13-/m0/s1. The Morgan fingerprint density at radius 3 is 2.70 bits per heavy atom. The number of thiophene rings is 1. The zero-order chi connectivity index (χ0) is 16.4. The summed E-state index contributed by atoms with van der Waals surface area (Å²) in [4.78, 5) is 38.4. The number of likely N-dealkylation sites (tertiary alicyclic amines) is 1. The monoisotopic (exact) mass is 335 g/mol. The van der Waals surface area contributed by atoms with Crippen molar-refractivity contribution in [2.24, 2.45) is 5.92 Å². The summed E-state index contributed by atoms with van der Waals surface area (Å²) in [5.41, 5.74) is 0. The lowest BCUT2D eigenvalue weighted by atomic mass is 9.84. The molecule has 3 rings (SSSR count). The Morgan fingerprint density at radius 2 is 2.00 bits per heavy atom. The summed E-state index contributed by atoms with van der Waals surface area (Å²) in [6.07, 6.45) is 4.87. The van der Waals surface area contributed by atoms with E-state index in [4.69, 9.17) is 0 Å². The molecule has 1 N–H and O–H groups in total. The molecule has 0 radical (unpaired) electrons. The summed E-state index contributed by atoms with van der Waals surface area (Å²) >= 11 is 1.37. The van der Waals surface area contributed by atoms with Gasteiger partial charge in [0, 0.05) is 18.9 Å². The van der Waals surface area contributed by atoms with Gasteiger partial charge in [-0.05, 0) is 36.6 Å². The molecular weight excluding hydrogens is 314 g/mol. The van der Waals surface area contributed by atoms with E-state index in [1.807, 2.05) is 11.4 Å². The number of hydrogen-bond acceptors (Lipinski definition) is 4. The molecule has 0 aromatic carbocycles. The highest BCUT2D eigenvalue weighted by Crippen LogP contribution is 2.40. The molecule has 2 fully saturated rings. The fraction of sp³-hybridized carbons (Fsp3) is 0.588. The predicted molar refractivity (Wildman–Crippen MR) is 86.5 cm³/mol. The SMILES string of the molecule is O=C(CCC(=O)N1[C@@H]2CCCC[C@H]2C[C@H]1C(=O)O)c1cccs1. The maximum Gasteiger partial charge on any atom is 0.326 e. The second-order valence-corrected chi connectivity index (χ2v) is 7.35. The zero-order valence-electron chi connectivity index (χ0n) is 12.9. The minimum absolute atomic E-state index is 0.0420. The van der Waals surface area contributed by atoms with Crippen LogP contribution in [0.1, 0.15) is 54.6 Å². The lowest BCUT2D eigenvalue weighted by Crippen LogP contribution is -2.46. The number of nitrogens with zero attached hydrogens (tertiary/aromatic N) is 1. The Bertz CT molecular complexity index is 598. The first-order valence-corrected chi connectivity index (χ1v) is 9.06. The first-order chi connectivity index (χ1) is 11.1. The Morgan fingerprint density at radius 1 is 1.22 bits per heavy atom. The van der Waals surface area contributed by atoms with Crippen LogP contribution in [0.5, 0.6) is 0 Å². The number of hydrogen-bond donors (Lipinski definition) is 1. The number of carboxylic acid groups (broad SMARTS) is 1. The highest BCUT2D eigenvalue weighted by molar-refractivity contribution is 7.12. The lowest BCUT2D eigenvalue weighted by molar-refractivity contribution is -0.149. The van der Waals surface area contributed by atoms with Gasteiger partial charge in [0.2, 0.25) is 5.91 Å². The number of rotatable bonds is 5. The normalized spacial score (nSPS) is 26.8. The number of Topliss-reactive ketones (excluding diaryl/α,β-unsaturated/α-hetero) is 1. The highest BCUT2D eigenvalue weighted by atomic mass is 32.1. The van der Waals surface area contributed by atoms with E-state index in [1.165, 1.54) is 11.3 Å². The van der Waals surface area contributed by atoms with Crippen LogP contribution in [0.2, 0.25) is 0 Å². The number of carbonyl (C=O) groups excluding carboxylic acids is 2. The number of fused-ring (bicyclic) bond motifs is 1. The molecule has 2 heterocycles. The van der Waals surface area contributed by atoms with Crippen LogP contribution in [-0.4, -0.2) is 39.7 Å². The van der Waals surface area contributed by atoms with Gasteiger partial charge < -0.3 is 10.0 Å². The van der Waals surface area contributed by atoms with E-state index in [0.717, 1.165) is 25.7 Å². The van der Waals surface area contributed by atoms with Gasteiger partial charge in [0.05, 0.1) is 4.88 Å². The number of ketones is 1. The van der Waals surface area contributed by atoms with Crippen molar-refractivity contribution in [1.82, 2.24) is 4.90 Å². The number of carbonyl (C=O) groups is 3. The van der Waals surface area contributed by atoms with Crippen LogP contribution in [0, 0.1) is 5.92 Å². The molecule has 5 nitrogen and oxygen atoms in total. The van der Waals surface area contributed by atoms with Crippen molar-refractivity contribution in [3.8, 4) is 0 Å². The van der Waals surface area contributed by atoms with Crippen molar-refractivity contribution in [2.75, 3.05) is 0 Å². The molecule has 0 bridgehead atoms. The fourth-order valence-electron chi connectivity index (χ4n) is 3.95. The second kappa shape index (κ2) is 6.83. The molecule has 124 valence electrons. The summed E-state index contributed by atoms with van der Waals surface area (Å²) in [6.45, 7) is 0. The minimum Gasteiger partial charge on any atom is -0.480 e. The van der Waals surface area contributed by atoms with Gasteiger partial charge in [-0.15, -0.1) is 11.3 Å². The van der Waals surface area contributed by atoms with Crippen LogP contribution in [0.15, 0.2) is 17.5 Å². The molecule has 0 unspecified atom stereocenters. The van der Waals surface area contributed by atoms with Crippen LogP contribution < -0.4 is 0 Å². The summed E-state index contributed by atoms with van der Waals surface area (Å²) in [5.74, 6) is -0.838. The van der Waals surface area contributed by atoms with Crippen LogP contribution in [0.3, 0.4) is 0 Å². The minimum atomic E-state index is -0.919. The van der Waals surface area contributed by atoms with E-state index in [2.05, 4.69) is 0 Å². The second-order valence-electron chi connectivity index (χ2n) is 6.40. The Balaban J connectivity index is 1.66. The molecule has 1 saturated heterocycles. The maximum atomic E-state index is 12.6. The van der Waals surface area contributed by atoms with E-state index >= 15 is 0 Å². The first-order valence-electron chi connectivity index (χ1n) is 8.18. The molecule has 1 aliphatic carbocycles. The van der Waals surface area contributed by atoms with Gasteiger partial charge in [-0.2, -0.15) is 0 Å². The molecule has 1 aliphatic heterocycles. The quantitative estimate of drug-likeness (QED) is 0.840. The first kappa shape index (κ1) is 16.2.